The van der Waals surface area contributed by atoms with Gasteiger partial charge < -0.3 is 19.5 Å². The van der Waals surface area contributed by atoms with Crippen molar-refractivity contribution in [3.8, 4) is 5.75 Å². The van der Waals surface area contributed by atoms with Gasteiger partial charge in [0.25, 0.3) is 0 Å². The van der Waals surface area contributed by atoms with E-state index in [1.165, 1.54) is 17.3 Å². The molecule has 0 saturated heterocycles. The lowest BCUT2D eigenvalue weighted by Gasteiger charge is -2.27. The van der Waals surface area contributed by atoms with E-state index in [-0.39, 0.29) is 12.4 Å². The molecule has 0 fully saturated rings. The topological polar surface area (TPSA) is 111 Å². The predicted molar refractivity (Wildman–Crippen MR) is 137 cm³/mol. The molecule has 0 aliphatic rings. The Morgan fingerprint density at radius 3 is 2.37 bits per heavy atom. The van der Waals surface area contributed by atoms with Gasteiger partial charge in [0.2, 0.25) is 0 Å². The molecule has 1 atom stereocenters. The minimum Gasteiger partial charge on any atom is -0.464 e. The van der Waals surface area contributed by atoms with Crippen LogP contribution in [0.15, 0.2) is 60.9 Å². The van der Waals surface area contributed by atoms with E-state index in [0.717, 1.165) is 8.14 Å². The Bertz CT molecular complexity index is 1220. The summed E-state index contributed by atoms with van der Waals surface area (Å²) in [6.07, 6.45) is 1.00. The Kier molecular flexibility index (Phi) is 8.15. The molecule has 1 amide bonds. The van der Waals surface area contributed by atoms with Crippen molar-refractivity contribution in [3.63, 3.8) is 0 Å². The molecule has 3 aromatic rings. The molecule has 0 saturated carbocycles. The number of amides is 1. The van der Waals surface area contributed by atoms with E-state index in [2.05, 4.69) is 27.6 Å². The van der Waals surface area contributed by atoms with Crippen LogP contribution >= 0.6 is 22.6 Å². The summed E-state index contributed by atoms with van der Waals surface area (Å²) in [6, 6.07) is 13.8. The molecule has 0 aliphatic heterocycles. The highest BCUT2D eigenvalue weighted by Gasteiger charge is 2.27. The number of likely N-dealkylation sites (N-methyl/N-ethyl adjacent to an activating group) is 1. The molecule has 1 N–H and O–H groups in total. The average molecular weight is 591 g/mol. The first-order valence-corrected chi connectivity index (χ1v) is 11.8. The number of ether oxygens (including phenoxy) is 2. The molecule has 184 valence electrons. The number of carbonyl (C=O) groups is 3. The number of carbonyl (C=O) groups excluding carboxylic acids is 2. The normalized spacial score (nSPS) is 12.0. The second kappa shape index (κ2) is 10.9. The lowest BCUT2D eigenvalue weighted by molar-refractivity contribution is 0.0292. The Balaban J connectivity index is 1.87. The third kappa shape index (κ3) is 6.81. The molecule has 35 heavy (non-hydrogen) atoms. The summed E-state index contributed by atoms with van der Waals surface area (Å²) in [5.41, 5.74) is 0.461. The number of benzene rings is 2. The fourth-order valence-electron chi connectivity index (χ4n) is 3.32. The summed E-state index contributed by atoms with van der Waals surface area (Å²) in [5.74, 6) is -0.487. The quantitative estimate of drug-likeness (QED) is 0.237. The zero-order valence-electron chi connectivity index (χ0n) is 19.8. The molecule has 9 nitrogen and oxygen atoms in total. The monoisotopic (exact) mass is 591 g/mol. The number of rotatable bonds is 6. The summed E-state index contributed by atoms with van der Waals surface area (Å²) in [7, 11) is 1.58. The van der Waals surface area contributed by atoms with Gasteiger partial charge in [-0.1, -0.05) is 24.3 Å². The van der Waals surface area contributed by atoms with Crippen molar-refractivity contribution in [2.75, 3.05) is 13.6 Å². The van der Waals surface area contributed by atoms with Crippen LogP contribution in [-0.4, -0.2) is 56.9 Å². The maximum atomic E-state index is 12.6. The van der Waals surface area contributed by atoms with Crippen molar-refractivity contribution in [3.05, 3.63) is 81.4 Å². The van der Waals surface area contributed by atoms with Crippen LogP contribution in [0.1, 0.15) is 48.4 Å². The lowest BCUT2D eigenvalue weighted by atomic mass is 9.97. The van der Waals surface area contributed by atoms with Gasteiger partial charge in [-0.25, -0.2) is 23.9 Å². The molecule has 1 unspecified atom stereocenters. The number of esters is 1. The van der Waals surface area contributed by atoms with Gasteiger partial charge in [0.05, 0.1) is 11.5 Å². The smallest absolute Gasteiger partial charge is 0.417 e. The molecule has 2 aromatic carbocycles. The van der Waals surface area contributed by atoms with Crippen molar-refractivity contribution < 1.29 is 29.0 Å². The van der Waals surface area contributed by atoms with Gasteiger partial charge in [-0.3, -0.25) is 0 Å². The van der Waals surface area contributed by atoms with Crippen LogP contribution < -0.4 is 4.74 Å². The van der Waals surface area contributed by atoms with Gasteiger partial charge in [0, 0.05) is 29.6 Å². The molecule has 0 spiro atoms. The van der Waals surface area contributed by atoms with Crippen LogP contribution in [0, 0.1) is 3.57 Å². The van der Waals surface area contributed by atoms with Crippen molar-refractivity contribution >= 4 is 40.7 Å². The minimum atomic E-state index is -1.19. The van der Waals surface area contributed by atoms with Crippen molar-refractivity contribution in [1.82, 2.24) is 14.5 Å². The largest absolute Gasteiger partial charge is 0.464 e. The first-order chi connectivity index (χ1) is 16.5. The average Bonchev–Trinajstić information content (AvgIpc) is 3.27. The van der Waals surface area contributed by atoms with Gasteiger partial charge in [-0.05, 0) is 73.2 Å². The molecule has 1 heterocycles. The summed E-state index contributed by atoms with van der Waals surface area (Å²) in [5, 5.41) is 9.58. The molecule has 1 aromatic heterocycles. The number of aromatic nitrogens is 2. The minimum absolute atomic E-state index is 0.112. The number of hydrogen-bond acceptors (Lipinski definition) is 6. The predicted octanol–water partition coefficient (Wildman–Crippen LogP) is 5.23. The van der Waals surface area contributed by atoms with Crippen LogP contribution in [0.5, 0.6) is 5.75 Å². The lowest BCUT2D eigenvalue weighted by Crippen LogP contribution is -2.37. The van der Waals surface area contributed by atoms with Crippen molar-refractivity contribution in [2.24, 2.45) is 0 Å². The Labute approximate surface area is 216 Å². The molecule has 3 rings (SSSR count). The third-order valence-electron chi connectivity index (χ3n) is 4.94. The second-order valence-corrected chi connectivity index (χ2v) is 9.95. The van der Waals surface area contributed by atoms with E-state index in [4.69, 9.17) is 9.47 Å². The molecular formula is C25H26IN3O6. The highest BCUT2D eigenvalue weighted by molar-refractivity contribution is 14.1. The zero-order chi connectivity index (χ0) is 25.8. The number of carboxylic acid groups (broad SMARTS) is 1. The van der Waals surface area contributed by atoms with E-state index < -0.39 is 29.7 Å². The fourth-order valence-corrected chi connectivity index (χ4v) is 3.92. The van der Waals surface area contributed by atoms with Crippen LogP contribution in [0.2, 0.25) is 0 Å². The van der Waals surface area contributed by atoms with E-state index in [1.807, 2.05) is 12.1 Å². The number of halogens is 1. The first-order valence-electron chi connectivity index (χ1n) is 10.7. The molecule has 0 aliphatic carbocycles. The third-order valence-corrected chi connectivity index (χ3v) is 5.88. The SMILES string of the molecule is CN(CC(c1ccc(OC(=O)c2ccccc2I)cc1)c1nccn1C(=O)O)C(=O)OC(C)(C)C. The maximum Gasteiger partial charge on any atom is 0.417 e. The Morgan fingerprint density at radius 2 is 1.77 bits per heavy atom. The summed E-state index contributed by atoms with van der Waals surface area (Å²) >= 11 is 2.07. The summed E-state index contributed by atoms with van der Waals surface area (Å²) in [6.45, 7) is 5.41. The first kappa shape index (κ1) is 26.2. The molecule has 10 heteroatoms. The highest BCUT2D eigenvalue weighted by Crippen LogP contribution is 2.27. The van der Waals surface area contributed by atoms with Crippen molar-refractivity contribution in [2.45, 2.75) is 32.3 Å². The zero-order valence-corrected chi connectivity index (χ0v) is 21.9. The van der Waals surface area contributed by atoms with E-state index in [0.29, 0.717) is 16.9 Å². The van der Waals surface area contributed by atoms with Gasteiger partial charge in [0.1, 0.15) is 17.2 Å². The Morgan fingerprint density at radius 1 is 1.11 bits per heavy atom. The van der Waals surface area contributed by atoms with Gasteiger partial charge in [-0.2, -0.15) is 0 Å². The molecule has 0 bridgehead atoms. The fraction of sp³-hybridized carbons (Fsp3) is 0.280. The number of hydrogen-bond donors (Lipinski definition) is 1. The van der Waals surface area contributed by atoms with Gasteiger partial charge >= 0.3 is 18.2 Å². The molecule has 0 radical (unpaired) electrons. The molecular weight excluding hydrogens is 565 g/mol. The van der Waals surface area contributed by atoms with E-state index >= 15 is 0 Å². The van der Waals surface area contributed by atoms with Crippen LogP contribution in [-0.2, 0) is 4.74 Å². The van der Waals surface area contributed by atoms with Gasteiger partial charge in [-0.15, -0.1) is 0 Å². The van der Waals surface area contributed by atoms with Crippen LogP contribution in [0.25, 0.3) is 0 Å². The number of nitrogens with zero attached hydrogens (tertiary/aromatic N) is 3. The van der Waals surface area contributed by atoms with E-state index in [9.17, 15) is 19.5 Å². The summed E-state index contributed by atoms with van der Waals surface area (Å²) in [4.78, 5) is 42.4. The maximum absolute atomic E-state index is 12.6. The number of imidazole rings is 1. The Hall–Kier alpha value is -3.41. The standard InChI is InChI=1S/C25H26IN3O6/c1-25(2,3)35-24(33)28(4)15-19(21-27-13-14-29(21)23(31)32)16-9-11-17(12-10-16)34-22(30)18-7-5-6-8-20(18)26/h5-14,19H,15H2,1-4H3,(H,31,32). The second-order valence-electron chi connectivity index (χ2n) is 8.79. The van der Waals surface area contributed by atoms with Crippen LogP contribution in [0.4, 0.5) is 9.59 Å². The highest BCUT2D eigenvalue weighted by atomic mass is 127. The van der Waals surface area contributed by atoms with Crippen molar-refractivity contribution in [1.29, 1.82) is 0 Å². The van der Waals surface area contributed by atoms with Gasteiger partial charge in [0.15, 0.2) is 0 Å². The summed E-state index contributed by atoms with van der Waals surface area (Å²) < 4.78 is 12.7. The van der Waals surface area contributed by atoms with Crippen LogP contribution in [0.3, 0.4) is 0 Å². The van der Waals surface area contributed by atoms with E-state index in [1.54, 1.807) is 64.2 Å².